The maximum Gasteiger partial charge on any atom is 0.0587 e. The zero-order chi connectivity index (χ0) is 16.1. The van der Waals surface area contributed by atoms with Crippen molar-refractivity contribution in [2.24, 2.45) is 5.41 Å². The molecule has 20 heavy (non-hydrogen) atoms. The van der Waals surface area contributed by atoms with Gasteiger partial charge in [0.1, 0.15) is 0 Å². The number of hydrogen-bond donors (Lipinski definition) is 0. The Labute approximate surface area is 138 Å². The Kier molecular flexibility index (Phi) is 21.2. The van der Waals surface area contributed by atoms with E-state index >= 15 is 0 Å². The van der Waals surface area contributed by atoms with Gasteiger partial charge in [-0.15, -0.1) is 6.92 Å². The second kappa shape index (κ2) is 15.7. The molecule has 0 aromatic carbocycles. The summed E-state index contributed by atoms with van der Waals surface area (Å²) in [6.07, 6.45) is 3.44. The van der Waals surface area contributed by atoms with Crippen molar-refractivity contribution in [3.8, 4) is 18.2 Å². The van der Waals surface area contributed by atoms with E-state index in [1.165, 1.54) is 37.5 Å². The summed E-state index contributed by atoms with van der Waals surface area (Å²) >= 11 is 0. The van der Waals surface area contributed by atoms with Crippen LogP contribution in [0.25, 0.3) is 0 Å². The Morgan fingerprint density at radius 1 is 0.850 bits per heavy atom. The standard InChI is InChI=1S/C10H15.3C2H3N.W/c1-7-6-10(4,5)9(3)8(7)2;3*1-2-3;/h1-5H3;3*1H3;/q-1;;;;. The summed E-state index contributed by atoms with van der Waals surface area (Å²) in [5.41, 5.74) is 4.39. The average molecular weight is 442 g/mol. The third kappa shape index (κ3) is 13.1. The minimum Gasteiger partial charge on any atom is -0.263 e. The smallest absolute Gasteiger partial charge is 0.0587 e. The SMILES string of the molecule is CC#N.CC#N.CC#N.CC1=[C-]C(C)(C)C(C)=C1C.[W]. The molecule has 0 unspecified atom stereocenters. The number of nitrogens with zero attached hydrogens (tertiary/aromatic N) is 3. The quantitative estimate of drug-likeness (QED) is 0.511. The van der Waals surface area contributed by atoms with E-state index in [1.54, 1.807) is 18.2 Å². The van der Waals surface area contributed by atoms with Crippen LogP contribution in [0.3, 0.4) is 0 Å². The molecule has 0 aliphatic heterocycles. The molecule has 0 radical (unpaired) electrons. The van der Waals surface area contributed by atoms with E-state index in [1.807, 2.05) is 0 Å². The molecule has 0 aromatic heterocycles. The van der Waals surface area contributed by atoms with Gasteiger partial charge >= 0.3 is 0 Å². The van der Waals surface area contributed by atoms with E-state index in [0.29, 0.717) is 0 Å². The van der Waals surface area contributed by atoms with Gasteiger partial charge in [-0.1, -0.05) is 33.1 Å². The van der Waals surface area contributed by atoms with Crippen molar-refractivity contribution in [2.45, 2.75) is 55.4 Å². The molecule has 3 nitrogen and oxygen atoms in total. The van der Waals surface area contributed by atoms with Gasteiger partial charge in [-0.3, -0.25) is 6.08 Å². The van der Waals surface area contributed by atoms with Crippen molar-refractivity contribution < 1.29 is 21.1 Å². The number of nitriles is 3. The summed E-state index contributed by atoms with van der Waals surface area (Å²) in [5, 5.41) is 22.0. The van der Waals surface area contributed by atoms with Gasteiger partial charge in [0.05, 0.1) is 18.2 Å². The van der Waals surface area contributed by atoms with Gasteiger partial charge in [0.15, 0.2) is 0 Å². The van der Waals surface area contributed by atoms with Crippen LogP contribution in [0.4, 0.5) is 0 Å². The molecule has 110 valence electrons. The molecule has 0 bridgehead atoms. The summed E-state index contributed by atoms with van der Waals surface area (Å²) in [5.74, 6) is 0. The van der Waals surface area contributed by atoms with Crippen LogP contribution in [0.1, 0.15) is 55.4 Å². The van der Waals surface area contributed by atoms with Crippen molar-refractivity contribution in [3.63, 3.8) is 0 Å². The molecule has 1 aliphatic carbocycles. The Hall–Kier alpha value is -1.36. The maximum atomic E-state index is 7.32. The van der Waals surface area contributed by atoms with Gasteiger partial charge in [0.2, 0.25) is 0 Å². The largest absolute Gasteiger partial charge is 0.263 e. The predicted octanol–water partition coefficient (Wildman–Crippen LogP) is 4.70. The van der Waals surface area contributed by atoms with Crippen LogP contribution in [0.2, 0.25) is 0 Å². The fraction of sp³-hybridized carbons (Fsp3) is 0.562. The molecule has 0 atom stereocenters. The molecule has 4 heteroatoms. The molecule has 0 saturated carbocycles. The minimum atomic E-state index is 0. The Balaban J connectivity index is -0.000000108. The van der Waals surface area contributed by atoms with Crippen molar-refractivity contribution in [1.82, 2.24) is 0 Å². The molecule has 0 aromatic rings. The zero-order valence-corrected chi connectivity index (χ0v) is 16.7. The first-order valence-electron chi connectivity index (χ1n) is 5.92. The minimum absolute atomic E-state index is 0. The van der Waals surface area contributed by atoms with Gasteiger partial charge in [0, 0.05) is 41.8 Å². The van der Waals surface area contributed by atoms with Crippen molar-refractivity contribution in [3.05, 3.63) is 22.8 Å². The van der Waals surface area contributed by atoms with E-state index in [0.717, 1.165) is 0 Å². The molecule has 1 rings (SSSR count). The van der Waals surface area contributed by atoms with E-state index in [-0.39, 0.29) is 26.5 Å². The molecule has 0 N–H and O–H groups in total. The number of hydrogen-bond acceptors (Lipinski definition) is 3. The molecule has 0 saturated heterocycles. The second-order valence-corrected chi connectivity index (χ2v) is 4.30. The van der Waals surface area contributed by atoms with Crippen LogP contribution < -0.4 is 0 Å². The third-order valence-corrected chi connectivity index (χ3v) is 2.56. The number of rotatable bonds is 0. The summed E-state index contributed by atoms with van der Waals surface area (Å²) in [6, 6.07) is 5.25. The molecule has 0 heterocycles. The van der Waals surface area contributed by atoms with Crippen molar-refractivity contribution >= 4 is 0 Å². The van der Waals surface area contributed by atoms with Gasteiger partial charge in [-0.05, 0) is 0 Å². The molecule has 0 fully saturated rings. The summed E-state index contributed by atoms with van der Waals surface area (Å²) in [7, 11) is 0. The van der Waals surface area contributed by atoms with Crippen LogP contribution in [0.15, 0.2) is 16.7 Å². The Morgan fingerprint density at radius 3 is 1.15 bits per heavy atom. The Bertz CT molecular complexity index is 409. The van der Waals surface area contributed by atoms with E-state index in [2.05, 4.69) is 40.7 Å². The average Bonchev–Trinajstić information content (AvgIpc) is 2.45. The van der Waals surface area contributed by atoms with Crippen LogP contribution in [-0.2, 0) is 21.1 Å². The van der Waals surface area contributed by atoms with Gasteiger partial charge in [-0.25, -0.2) is 5.57 Å². The van der Waals surface area contributed by atoms with Crippen molar-refractivity contribution in [2.75, 3.05) is 0 Å². The molecule has 0 spiro atoms. The maximum absolute atomic E-state index is 7.32. The van der Waals surface area contributed by atoms with Crippen LogP contribution in [-0.4, -0.2) is 0 Å². The molecule has 0 amide bonds. The van der Waals surface area contributed by atoms with Crippen LogP contribution in [0.5, 0.6) is 0 Å². The monoisotopic (exact) mass is 442 g/mol. The van der Waals surface area contributed by atoms with E-state index in [9.17, 15) is 0 Å². The normalized spacial score (nSPS) is 12.9. The third-order valence-electron chi connectivity index (χ3n) is 2.56. The summed E-state index contributed by atoms with van der Waals surface area (Å²) in [6.45, 7) is 15.2. The number of allylic oxidation sites excluding steroid dienone is 4. The first-order chi connectivity index (χ1) is 8.69. The Morgan fingerprint density at radius 2 is 1.10 bits per heavy atom. The van der Waals surface area contributed by atoms with Gasteiger partial charge in [-0.2, -0.15) is 26.9 Å². The van der Waals surface area contributed by atoms with Crippen LogP contribution >= 0.6 is 0 Å². The zero-order valence-electron chi connectivity index (χ0n) is 13.7. The fourth-order valence-electron chi connectivity index (χ4n) is 1.41. The summed E-state index contributed by atoms with van der Waals surface area (Å²) in [4.78, 5) is 0. The van der Waals surface area contributed by atoms with E-state index in [4.69, 9.17) is 15.8 Å². The fourth-order valence-corrected chi connectivity index (χ4v) is 1.41. The first-order valence-corrected chi connectivity index (χ1v) is 5.92. The second-order valence-electron chi connectivity index (χ2n) is 4.30. The first kappa shape index (κ1) is 27.1. The van der Waals surface area contributed by atoms with Crippen LogP contribution in [0, 0.1) is 45.5 Å². The summed E-state index contributed by atoms with van der Waals surface area (Å²) < 4.78 is 0. The van der Waals surface area contributed by atoms with Gasteiger partial charge in [0.25, 0.3) is 0 Å². The van der Waals surface area contributed by atoms with Crippen molar-refractivity contribution in [1.29, 1.82) is 15.8 Å². The molecular formula is C16H24N3W-. The van der Waals surface area contributed by atoms with E-state index < -0.39 is 0 Å². The van der Waals surface area contributed by atoms with Gasteiger partial charge < -0.3 is 0 Å². The molecular weight excluding hydrogens is 418 g/mol. The molecule has 1 aliphatic rings. The predicted molar refractivity (Wildman–Crippen MR) is 78.4 cm³/mol. The topological polar surface area (TPSA) is 71.4 Å².